The third-order valence-corrected chi connectivity index (χ3v) is 3.64. The molecule has 1 aliphatic carbocycles. The maximum atomic E-state index is 9.76. The number of fused-ring (bicyclic) bond motifs is 2. The summed E-state index contributed by atoms with van der Waals surface area (Å²) < 4.78 is 0. The maximum absolute atomic E-state index is 9.76. The number of aliphatic hydroxyl groups is 1. The van der Waals surface area contributed by atoms with Crippen LogP contribution in [0.1, 0.15) is 33.6 Å². The molecule has 0 unspecified atom stereocenters. The molecule has 76 valence electrons. The molecule has 2 bridgehead atoms. The van der Waals surface area contributed by atoms with Crippen LogP contribution in [0.2, 0.25) is 0 Å². The predicted octanol–water partition coefficient (Wildman–Crippen LogP) is 1.49. The topological polar surface area (TPSA) is 23.5 Å². The van der Waals surface area contributed by atoms with Gasteiger partial charge < -0.3 is 5.11 Å². The fraction of sp³-hybridized carbons (Fsp3) is 1.00. The van der Waals surface area contributed by atoms with Gasteiger partial charge in [0.15, 0.2) is 0 Å². The monoisotopic (exact) mass is 183 g/mol. The molecule has 2 rings (SSSR count). The number of rotatable bonds is 0. The molecule has 0 aromatic rings. The molecule has 2 aliphatic rings. The summed E-state index contributed by atoms with van der Waals surface area (Å²) in [6, 6.07) is 0. The highest BCUT2D eigenvalue weighted by molar-refractivity contribution is 4.94. The van der Waals surface area contributed by atoms with Gasteiger partial charge in [-0.15, -0.1) is 0 Å². The van der Waals surface area contributed by atoms with Crippen LogP contribution in [0.3, 0.4) is 0 Å². The Balaban J connectivity index is 2.05. The van der Waals surface area contributed by atoms with Crippen molar-refractivity contribution >= 4 is 0 Å². The van der Waals surface area contributed by atoms with E-state index in [0.29, 0.717) is 5.92 Å². The van der Waals surface area contributed by atoms with Crippen molar-refractivity contribution in [2.45, 2.75) is 45.3 Å². The first kappa shape index (κ1) is 9.47. The Bertz CT molecular complexity index is 195. The standard InChI is InChI=1S/C11H21NO/c1-11(2,3)12-6-8-4-9(7-12)10(13)5-8/h8-10,13H,4-7H2,1-3H3/t8-,9-,10+/m0/s1. The van der Waals surface area contributed by atoms with E-state index >= 15 is 0 Å². The molecule has 0 radical (unpaired) electrons. The molecule has 1 aliphatic heterocycles. The lowest BCUT2D eigenvalue weighted by atomic mass is 9.93. The molecule has 2 nitrogen and oxygen atoms in total. The third kappa shape index (κ3) is 1.75. The molecule has 1 N–H and O–H groups in total. The molecular weight excluding hydrogens is 162 g/mol. The summed E-state index contributed by atoms with van der Waals surface area (Å²) in [6.07, 6.45) is 2.28. The minimum Gasteiger partial charge on any atom is -0.393 e. The van der Waals surface area contributed by atoms with Crippen molar-refractivity contribution in [2.24, 2.45) is 11.8 Å². The fourth-order valence-electron chi connectivity index (χ4n) is 2.78. The second kappa shape index (κ2) is 2.96. The third-order valence-electron chi connectivity index (χ3n) is 3.64. The fourth-order valence-corrected chi connectivity index (χ4v) is 2.78. The van der Waals surface area contributed by atoms with E-state index in [1.807, 2.05) is 0 Å². The van der Waals surface area contributed by atoms with Crippen LogP contribution in [0.5, 0.6) is 0 Å². The zero-order valence-electron chi connectivity index (χ0n) is 8.95. The molecule has 0 aromatic carbocycles. The molecule has 1 saturated carbocycles. The van der Waals surface area contributed by atoms with Crippen molar-refractivity contribution in [2.75, 3.05) is 13.1 Å². The second-order valence-electron chi connectivity index (χ2n) is 5.74. The Labute approximate surface area is 80.9 Å². The van der Waals surface area contributed by atoms with Gasteiger partial charge in [0.1, 0.15) is 0 Å². The van der Waals surface area contributed by atoms with Crippen LogP contribution >= 0.6 is 0 Å². The van der Waals surface area contributed by atoms with Gasteiger partial charge in [0, 0.05) is 18.6 Å². The average Bonchev–Trinajstić information content (AvgIpc) is 2.24. The highest BCUT2D eigenvalue weighted by atomic mass is 16.3. The van der Waals surface area contributed by atoms with E-state index in [-0.39, 0.29) is 11.6 Å². The maximum Gasteiger partial charge on any atom is 0.0583 e. The molecule has 1 saturated heterocycles. The van der Waals surface area contributed by atoms with Crippen LogP contribution in [0.25, 0.3) is 0 Å². The van der Waals surface area contributed by atoms with Crippen molar-refractivity contribution in [1.82, 2.24) is 4.90 Å². The first-order chi connectivity index (χ1) is 5.97. The Morgan fingerprint density at radius 3 is 2.38 bits per heavy atom. The Hall–Kier alpha value is -0.0800. The van der Waals surface area contributed by atoms with E-state index in [1.165, 1.54) is 13.0 Å². The number of piperidine rings is 1. The Kier molecular flexibility index (Phi) is 2.16. The normalized spacial score (nSPS) is 41.1. The van der Waals surface area contributed by atoms with Crippen molar-refractivity contribution in [3.63, 3.8) is 0 Å². The van der Waals surface area contributed by atoms with E-state index < -0.39 is 0 Å². The van der Waals surface area contributed by atoms with E-state index in [0.717, 1.165) is 18.9 Å². The van der Waals surface area contributed by atoms with Crippen molar-refractivity contribution in [3.8, 4) is 0 Å². The first-order valence-electron chi connectivity index (χ1n) is 5.40. The van der Waals surface area contributed by atoms with Gasteiger partial charge in [-0.2, -0.15) is 0 Å². The Morgan fingerprint density at radius 1 is 1.15 bits per heavy atom. The van der Waals surface area contributed by atoms with Crippen LogP contribution in [-0.2, 0) is 0 Å². The van der Waals surface area contributed by atoms with E-state index in [2.05, 4.69) is 25.7 Å². The molecular formula is C11H21NO. The quantitative estimate of drug-likeness (QED) is 0.615. The van der Waals surface area contributed by atoms with Gasteiger partial charge in [0.25, 0.3) is 0 Å². The lowest BCUT2D eigenvalue weighted by Gasteiger charge is -2.41. The second-order valence-corrected chi connectivity index (χ2v) is 5.74. The summed E-state index contributed by atoms with van der Waals surface area (Å²) in [5.74, 6) is 1.31. The first-order valence-corrected chi connectivity index (χ1v) is 5.40. The summed E-state index contributed by atoms with van der Waals surface area (Å²) in [7, 11) is 0. The number of hydrogen-bond donors (Lipinski definition) is 1. The highest BCUT2D eigenvalue weighted by Crippen LogP contribution is 2.38. The van der Waals surface area contributed by atoms with E-state index in [1.54, 1.807) is 0 Å². The Morgan fingerprint density at radius 2 is 1.85 bits per heavy atom. The lowest BCUT2D eigenvalue weighted by molar-refractivity contribution is 0.0514. The molecule has 0 aromatic heterocycles. The molecule has 1 heterocycles. The zero-order chi connectivity index (χ0) is 9.64. The van der Waals surface area contributed by atoms with Crippen molar-refractivity contribution < 1.29 is 5.11 Å². The van der Waals surface area contributed by atoms with E-state index in [4.69, 9.17) is 0 Å². The van der Waals surface area contributed by atoms with Gasteiger partial charge >= 0.3 is 0 Å². The smallest absolute Gasteiger partial charge is 0.0583 e. The summed E-state index contributed by atoms with van der Waals surface area (Å²) >= 11 is 0. The number of hydrogen-bond acceptors (Lipinski definition) is 2. The van der Waals surface area contributed by atoms with Crippen LogP contribution in [0.15, 0.2) is 0 Å². The van der Waals surface area contributed by atoms with Gasteiger partial charge in [-0.05, 0) is 45.4 Å². The lowest BCUT2D eigenvalue weighted by Crippen LogP contribution is -2.48. The molecule has 2 heteroatoms. The number of aliphatic hydroxyl groups excluding tert-OH is 1. The van der Waals surface area contributed by atoms with Crippen molar-refractivity contribution in [3.05, 3.63) is 0 Å². The molecule has 3 atom stereocenters. The summed E-state index contributed by atoms with van der Waals surface area (Å²) in [5, 5.41) is 9.76. The number of likely N-dealkylation sites (tertiary alicyclic amines) is 1. The van der Waals surface area contributed by atoms with Gasteiger partial charge in [0.2, 0.25) is 0 Å². The summed E-state index contributed by atoms with van der Waals surface area (Å²) in [5.41, 5.74) is 0.279. The average molecular weight is 183 g/mol. The molecule has 2 fully saturated rings. The van der Waals surface area contributed by atoms with E-state index in [9.17, 15) is 5.11 Å². The van der Waals surface area contributed by atoms with Gasteiger partial charge in [-0.25, -0.2) is 0 Å². The summed E-state index contributed by atoms with van der Waals surface area (Å²) in [6.45, 7) is 9.09. The van der Waals surface area contributed by atoms with Crippen LogP contribution in [-0.4, -0.2) is 34.7 Å². The van der Waals surface area contributed by atoms with Gasteiger partial charge in [0.05, 0.1) is 6.10 Å². The molecule has 13 heavy (non-hydrogen) atoms. The van der Waals surface area contributed by atoms with Crippen molar-refractivity contribution in [1.29, 1.82) is 0 Å². The minimum absolute atomic E-state index is 0.0163. The highest BCUT2D eigenvalue weighted by Gasteiger charge is 2.41. The van der Waals surface area contributed by atoms with Crippen LogP contribution in [0.4, 0.5) is 0 Å². The number of nitrogens with zero attached hydrogens (tertiary/aromatic N) is 1. The van der Waals surface area contributed by atoms with Crippen LogP contribution in [0, 0.1) is 11.8 Å². The summed E-state index contributed by atoms with van der Waals surface area (Å²) in [4.78, 5) is 2.53. The SMILES string of the molecule is CC(C)(C)N1C[C@H]2C[C@@H](C1)[C@H](O)C2. The van der Waals surface area contributed by atoms with Gasteiger partial charge in [-0.3, -0.25) is 4.90 Å². The molecule has 0 spiro atoms. The van der Waals surface area contributed by atoms with Gasteiger partial charge in [-0.1, -0.05) is 0 Å². The largest absolute Gasteiger partial charge is 0.393 e. The zero-order valence-corrected chi connectivity index (χ0v) is 8.95. The minimum atomic E-state index is -0.0163. The van der Waals surface area contributed by atoms with Crippen LogP contribution < -0.4 is 0 Å². The molecule has 0 amide bonds. The predicted molar refractivity (Wildman–Crippen MR) is 53.5 cm³/mol.